The van der Waals surface area contributed by atoms with Gasteiger partial charge in [0, 0.05) is 5.56 Å². The van der Waals surface area contributed by atoms with Crippen LogP contribution in [0, 0.1) is 6.92 Å². The highest BCUT2D eigenvalue weighted by Gasteiger charge is 2.11. The summed E-state index contributed by atoms with van der Waals surface area (Å²) in [5.74, 6) is -0.219. The zero-order valence-corrected chi connectivity index (χ0v) is 7.87. The molecule has 80 valence electrons. The predicted molar refractivity (Wildman–Crippen MR) is 48.6 cm³/mol. The monoisotopic (exact) mass is 214 g/mol. The average Bonchev–Trinajstić information content (AvgIpc) is 2.17. The fraction of sp³-hybridized carbons (Fsp3) is 0.200. The lowest BCUT2D eigenvalue weighted by atomic mass is 10.1. The van der Waals surface area contributed by atoms with Crippen molar-refractivity contribution >= 4 is 12.6 Å². The van der Waals surface area contributed by atoms with Crippen molar-refractivity contribution in [3.05, 3.63) is 28.8 Å². The molecule has 0 amide bonds. The van der Waals surface area contributed by atoms with Crippen LogP contribution in [0.5, 0.6) is 5.75 Å². The summed E-state index contributed by atoms with van der Waals surface area (Å²) in [5.41, 5.74) is 0.688. The number of alkyl halides is 2. The minimum atomic E-state index is -3.00. The summed E-state index contributed by atoms with van der Waals surface area (Å²) in [5, 5.41) is 0. The molecule has 0 unspecified atom stereocenters. The first-order chi connectivity index (χ1) is 7.08. The smallest absolute Gasteiger partial charge is 0.387 e. The van der Waals surface area contributed by atoms with Crippen LogP contribution in [0.3, 0.4) is 0 Å². The number of aryl methyl sites for hydroxylation is 1. The Kier molecular flexibility index (Phi) is 3.49. The fourth-order valence-electron chi connectivity index (χ4n) is 1.13. The molecule has 0 atom stereocenters. The third-order valence-electron chi connectivity index (χ3n) is 1.87. The zero-order chi connectivity index (χ0) is 11.4. The van der Waals surface area contributed by atoms with Gasteiger partial charge in [0.1, 0.15) is 12.0 Å². The molecule has 3 nitrogen and oxygen atoms in total. The molecule has 0 aliphatic heterocycles. The van der Waals surface area contributed by atoms with Crippen LogP contribution >= 0.6 is 0 Å². The Labute approximate surface area is 84.7 Å². The van der Waals surface area contributed by atoms with Gasteiger partial charge < -0.3 is 4.74 Å². The first-order valence-electron chi connectivity index (χ1n) is 4.08. The Bertz CT molecular complexity index is 388. The van der Waals surface area contributed by atoms with Crippen LogP contribution in [0.15, 0.2) is 12.1 Å². The molecule has 0 saturated carbocycles. The molecule has 0 fully saturated rings. The molecule has 0 saturated heterocycles. The lowest BCUT2D eigenvalue weighted by Gasteiger charge is -2.09. The van der Waals surface area contributed by atoms with E-state index in [0.717, 1.165) is 0 Å². The van der Waals surface area contributed by atoms with E-state index in [1.165, 1.54) is 12.1 Å². The second-order valence-corrected chi connectivity index (χ2v) is 2.86. The number of hydrogen-bond donors (Lipinski definition) is 0. The van der Waals surface area contributed by atoms with Gasteiger partial charge in [0.2, 0.25) is 0 Å². The lowest BCUT2D eigenvalue weighted by molar-refractivity contribution is -0.0500. The molecule has 0 heterocycles. The Morgan fingerprint density at radius 3 is 2.27 bits per heavy atom. The van der Waals surface area contributed by atoms with E-state index in [-0.39, 0.29) is 16.9 Å². The molecule has 0 N–H and O–H groups in total. The van der Waals surface area contributed by atoms with Gasteiger partial charge in [-0.05, 0) is 24.6 Å². The van der Waals surface area contributed by atoms with Crippen molar-refractivity contribution in [3.8, 4) is 5.75 Å². The topological polar surface area (TPSA) is 43.4 Å². The van der Waals surface area contributed by atoms with Crippen LogP contribution in [0.25, 0.3) is 0 Å². The molecule has 0 bridgehead atoms. The molecule has 0 aromatic heterocycles. The van der Waals surface area contributed by atoms with Crippen LogP contribution < -0.4 is 4.74 Å². The number of carbonyl (C=O) groups is 2. The third kappa shape index (κ3) is 2.59. The molecule has 0 aliphatic rings. The van der Waals surface area contributed by atoms with E-state index >= 15 is 0 Å². The number of rotatable bonds is 4. The maximum Gasteiger partial charge on any atom is 0.387 e. The van der Waals surface area contributed by atoms with Crippen molar-refractivity contribution in [1.29, 1.82) is 0 Å². The van der Waals surface area contributed by atoms with Crippen molar-refractivity contribution in [2.24, 2.45) is 0 Å². The quantitative estimate of drug-likeness (QED) is 0.722. The molecule has 1 aromatic rings. The Hall–Kier alpha value is -1.78. The van der Waals surface area contributed by atoms with Gasteiger partial charge in [-0.25, -0.2) is 0 Å². The number of benzene rings is 1. The molecule has 1 rings (SSSR count). The third-order valence-corrected chi connectivity index (χ3v) is 1.87. The van der Waals surface area contributed by atoms with Gasteiger partial charge in [0.25, 0.3) is 0 Å². The van der Waals surface area contributed by atoms with Crippen LogP contribution in [0.1, 0.15) is 26.3 Å². The summed E-state index contributed by atoms with van der Waals surface area (Å²) in [7, 11) is 0. The fourth-order valence-corrected chi connectivity index (χ4v) is 1.13. The summed E-state index contributed by atoms with van der Waals surface area (Å²) in [6, 6.07) is 2.45. The van der Waals surface area contributed by atoms with Gasteiger partial charge in [0.15, 0.2) is 6.29 Å². The van der Waals surface area contributed by atoms with E-state index in [4.69, 9.17) is 0 Å². The molecule has 0 aliphatic carbocycles. The molecule has 0 spiro atoms. The molecule has 5 heteroatoms. The van der Waals surface area contributed by atoms with Gasteiger partial charge in [0.05, 0.1) is 5.56 Å². The van der Waals surface area contributed by atoms with E-state index in [2.05, 4.69) is 4.74 Å². The number of hydrogen-bond acceptors (Lipinski definition) is 3. The van der Waals surface area contributed by atoms with Crippen molar-refractivity contribution < 1.29 is 23.1 Å². The van der Waals surface area contributed by atoms with Gasteiger partial charge in [-0.2, -0.15) is 8.78 Å². The van der Waals surface area contributed by atoms with Gasteiger partial charge in [-0.15, -0.1) is 0 Å². The number of ether oxygens (including phenoxy) is 1. The van der Waals surface area contributed by atoms with Crippen molar-refractivity contribution in [2.75, 3.05) is 0 Å². The highest BCUT2D eigenvalue weighted by molar-refractivity contribution is 5.86. The lowest BCUT2D eigenvalue weighted by Crippen LogP contribution is -2.05. The minimum Gasteiger partial charge on any atom is -0.434 e. The number of aldehydes is 2. The summed E-state index contributed by atoms with van der Waals surface area (Å²) >= 11 is 0. The summed E-state index contributed by atoms with van der Waals surface area (Å²) in [6.45, 7) is -1.43. The van der Waals surface area contributed by atoms with Crippen LogP contribution in [-0.2, 0) is 0 Å². The summed E-state index contributed by atoms with van der Waals surface area (Å²) in [6.07, 6.45) is 0.915. The second kappa shape index (κ2) is 4.63. The normalized spacial score (nSPS) is 10.1. The molecular weight excluding hydrogens is 206 g/mol. The van der Waals surface area contributed by atoms with Crippen molar-refractivity contribution in [1.82, 2.24) is 0 Å². The predicted octanol–water partition coefficient (Wildman–Crippen LogP) is 2.22. The Morgan fingerprint density at radius 2 is 1.80 bits per heavy atom. The SMILES string of the molecule is Cc1cc(OC(F)F)c(C=O)cc1C=O. The number of halogens is 2. The Balaban J connectivity index is 3.20. The van der Waals surface area contributed by atoms with Crippen molar-refractivity contribution in [3.63, 3.8) is 0 Å². The van der Waals surface area contributed by atoms with E-state index < -0.39 is 6.61 Å². The van der Waals surface area contributed by atoms with E-state index in [9.17, 15) is 18.4 Å². The molecule has 15 heavy (non-hydrogen) atoms. The van der Waals surface area contributed by atoms with E-state index in [1.807, 2.05) is 0 Å². The maximum atomic E-state index is 11.9. The maximum absolute atomic E-state index is 11.9. The molecular formula is C10H8F2O3. The van der Waals surface area contributed by atoms with Crippen LogP contribution in [0.4, 0.5) is 8.78 Å². The van der Waals surface area contributed by atoms with Gasteiger partial charge in [-0.1, -0.05) is 0 Å². The van der Waals surface area contributed by atoms with Crippen LogP contribution in [-0.4, -0.2) is 19.2 Å². The van der Waals surface area contributed by atoms with E-state index in [1.54, 1.807) is 6.92 Å². The molecule has 0 radical (unpaired) electrons. The first kappa shape index (κ1) is 11.3. The summed E-state index contributed by atoms with van der Waals surface area (Å²) < 4.78 is 28.0. The first-order valence-corrected chi connectivity index (χ1v) is 4.08. The highest BCUT2D eigenvalue weighted by atomic mass is 19.3. The van der Waals surface area contributed by atoms with Crippen molar-refractivity contribution in [2.45, 2.75) is 13.5 Å². The van der Waals surface area contributed by atoms with Gasteiger partial charge in [-0.3, -0.25) is 9.59 Å². The highest BCUT2D eigenvalue weighted by Crippen LogP contribution is 2.23. The van der Waals surface area contributed by atoms with E-state index in [0.29, 0.717) is 18.1 Å². The Morgan fingerprint density at radius 1 is 1.20 bits per heavy atom. The average molecular weight is 214 g/mol. The number of carbonyl (C=O) groups excluding carboxylic acids is 2. The largest absolute Gasteiger partial charge is 0.434 e. The second-order valence-electron chi connectivity index (χ2n) is 2.86. The summed E-state index contributed by atoms with van der Waals surface area (Å²) in [4.78, 5) is 21.1. The van der Waals surface area contributed by atoms with Crippen LogP contribution in [0.2, 0.25) is 0 Å². The van der Waals surface area contributed by atoms with Gasteiger partial charge >= 0.3 is 6.61 Å². The zero-order valence-electron chi connectivity index (χ0n) is 7.87. The minimum absolute atomic E-state index is 0.0667. The molecule has 1 aromatic carbocycles. The standard InChI is InChI=1S/C10H8F2O3/c1-6-2-9(15-10(11)12)8(5-14)3-7(6)4-13/h2-5,10H,1H3.